The van der Waals surface area contributed by atoms with Gasteiger partial charge < -0.3 is 0 Å². The van der Waals surface area contributed by atoms with Gasteiger partial charge in [0.25, 0.3) is 0 Å². The van der Waals surface area contributed by atoms with Gasteiger partial charge in [-0.05, 0) is 44.5 Å². The van der Waals surface area contributed by atoms with E-state index in [1.54, 1.807) is 28.1 Å². The monoisotopic (exact) mass is 474 g/mol. The Bertz CT molecular complexity index is 1510. The van der Waals surface area contributed by atoms with Gasteiger partial charge in [-0.15, -0.1) is 16.4 Å². The summed E-state index contributed by atoms with van der Waals surface area (Å²) in [6, 6.07) is 14.0. The van der Waals surface area contributed by atoms with E-state index in [1.165, 1.54) is 11.3 Å². The molecule has 0 saturated carbocycles. The fraction of sp³-hybridized carbons (Fsp3) is 0.208. The number of para-hydroxylation sites is 1. The van der Waals surface area contributed by atoms with Gasteiger partial charge in [0.05, 0.1) is 16.9 Å². The highest BCUT2D eigenvalue weighted by molar-refractivity contribution is 7.98. The summed E-state index contributed by atoms with van der Waals surface area (Å²) in [5.41, 5.74) is 5.64. The first-order valence-corrected chi connectivity index (χ1v) is 12.3. The molecule has 0 atom stereocenters. The number of carbonyl (C=O) groups excluding carboxylic acids is 1. The number of anilines is 2. The molecule has 3 aromatic heterocycles. The summed E-state index contributed by atoms with van der Waals surface area (Å²) in [7, 11) is 0. The van der Waals surface area contributed by atoms with Gasteiger partial charge in [0.15, 0.2) is 15.9 Å². The number of hydrogen-bond donors (Lipinski definition) is 0. The Balaban J connectivity index is 1.44. The van der Waals surface area contributed by atoms with Crippen LogP contribution in [0, 0.1) is 20.8 Å². The molecule has 0 saturated heterocycles. The zero-order valence-electron chi connectivity index (χ0n) is 18.7. The lowest BCUT2D eigenvalue weighted by Crippen LogP contribution is -2.23. The number of carbonyl (C=O) groups is 1. The minimum Gasteiger partial charge on any atom is -0.274 e. The number of aromatic nitrogens is 5. The molecule has 0 aliphatic rings. The van der Waals surface area contributed by atoms with Crippen molar-refractivity contribution < 1.29 is 4.79 Å². The lowest BCUT2D eigenvalue weighted by atomic mass is 10.1. The normalized spacial score (nSPS) is 11.4. The lowest BCUT2D eigenvalue weighted by molar-refractivity contribution is -0.115. The molecule has 0 aliphatic carbocycles. The Hall–Kier alpha value is -3.30. The van der Waals surface area contributed by atoms with E-state index in [1.807, 2.05) is 62.5 Å². The molecule has 0 aliphatic heterocycles. The van der Waals surface area contributed by atoms with Crippen LogP contribution in [0.3, 0.4) is 0 Å². The number of thioether (sulfide) groups is 1. The lowest BCUT2D eigenvalue weighted by Gasteiger charge is -2.20. The van der Waals surface area contributed by atoms with Crippen molar-refractivity contribution in [2.24, 2.45) is 0 Å². The number of hydrogen-bond acceptors (Lipinski definition) is 7. The van der Waals surface area contributed by atoms with Crippen LogP contribution in [0.1, 0.15) is 29.6 Å². The molecule has 5 aromatic rings. The van der Waals surface area contributed by atoms with Gasteiger partial charge >= 0.3 is 0 Å². The van der Waals surface area contributed by atoms with Crippen LogP contribution < -0.4 is 4.90 Å². The van der Waals surface area contributed by atoms with Crippen molar-refractivity contribution in [2.75, 3.05) is 4.90 Å². The van der Waals surface area contributed by atoms with Crippen LogP contribution in [0.4, 0.5) is 10.8 Å². The van der Waals surface area contributed by atoms with E-state index in [0.29, 0.717) is 16.7 Å². The average molecular weight is 475 g/mol. The van der Waals surface area contributed by atoms with Gasteiger partial charge in [-0.1, -0.05) is 41.6 Å². The van der Waals surface area contributed by atoms with Gasteiger partial charge in [-0.25, -0.2) is 15.0 Å². The van der Waals surface area contributed by atoms with Gasteiger partial charge in [-0.2, -0.15) is 4.52 Å². The Kier molecular flexibility index (Phi) is 5.59. The maximum absolute atomic E-state index is 12.5. The molecular formula is C24H22N6OS2. The third-order valence-corrected chi connectivity index (χ3v) is 7.08. The van der Waals surface area contributed by atoms with Crippen LogP contribution >= 0.6 is 23.1 Å². The Morgan fingerprint density at radius 1 is 1.09 bits per heavy atom. The smallest absolute Gasteiger partial charge is 0.230 e. The van der Waals surface area contributed by atoms with Crippen molar-refractivity contribution >= 4 is 56.4 Å². The first-order valence-electron chi connectivity index (χ1n) is 10.5. The highest BCUT2D eigenvalue weighted by Crippen LogP contribution is 2.33. The molecule has 0 unspecified atom stereocenters. The number of amides is 1. The molecule has 1 amide bonds. The zero-order chi connectivity index (χ0) is 23.1. The first-order chi connectivity index (χ1) is 15.9. The van der Waals surface area contributed by atoms with E-state index >= 15 is 0 Å². The molecule has 0 fully saturated rings. The topological polar surface area (TPSA) is 76.3 Å². The van der Waals surface area contributed by atoms with Crippen molar-refractivity contribution in [1.29, 1.82) is 0 Å². The number of aryl methyl sites for hydroxylation is 3. The maximum Gasteiger partial charge on any atom is 0.230 e. The van der Waals surface area contributed by atoms with E-state index < -0.39 is 0 Å². The molecule has 0 N–H and O–H groups in total. The summed E-state index contributed by atoms with van der Waals surface area (Å²) < 4.78 is 1.80. The largest absolute Gasteiger partial charge is 0.274 e. The molecule has 2 aromatic carbocycles. The highest BCUT2D eigenvalue weighted by atomic mass is 32.2. The predicted octanol–water partition coefficient (Wildman–Crippen LogP) is 5.64. The van der Waals surface area contributed by atoms with Crippen molar-refractivity contribution in [3.8, 4) is 0 Å². The molecule has 5 rings (SSSR count). The summed E-state index contributed by atoms with van der Waals surface area (Å²) >= 11 is 3.02. The molecule has 7 nitrogen and oxygen atoms in total. The summed E-state index contributed by atoms with van der Waals surface area (Å²) in [5, 5.41) is 8.93. The van der Waals surface area contributed by atoms with Crippen molar-refractivity contribution in [3.63, 3.8) is 0 Å². The van der Waals surface area contributed by atoms with Crippen LogP contribution in [0.5, 0.6) is 0 Å². The third-order valence-electron chi connectivity index (χ3n) is 5.24. The van der Waals surface area contributed by atoms with Gasteiger partial charge in [-0.3, -0.25) is 9.69 Å². The van der Waals surface area contributed by atoms with E-state index in [0.717, 1.165) is 44.2 Å². The Morgan fingerprint density at radius 2 is 1.91 bits per heavy atom. The summed E-state index contributed by atoms with van der Waals surface area (Å²) in [5.74, 6) is 1.25. The first kappa shape index (κ1) is 21.5. The molecule has 0 spiro atoms. The number of nitrogens with zero attached hydrogens (tertiary/aromatic N) is 6. The van der Waals surface area contributed by atoms with Crippen molar-refractivity contribution in [1.82, 2.24) is 24.6 Å². The van der Waals surface area contributed by atoms with Crippen LogP contribution in [0.15, 0.2) is 53.0 Å². The zero-order valence-corrected chi connectivity index (χ0v) is 20.4. The summed E-state index contributed by atoms with van der Waals surface area (Å²) in [6.45, 7) is 7.51. The number of fused-ring (bicyclic) bond motifs is 3. The average Bonchev–Trinajstić information content (AvgIpc) is 3.40. The molecular weight excluding hydrogens is 452 g/mol. The van der Waals surface area contributed by atoms with E-state index in [9.17, 15) is 4.79 Å². The van der Waals surface area contributed by atoms with Crippen molar-refractivity contribution in [3.05, 3.63) is 70.5 Å². The molecule has 3 heterocycles. The second kappa shape index (κ2) is 8.57. The molecule has 0 bridgehead atoms. The van der Waals surface area contributed by atoms with E-state index in [2.05, 4.69) is 16.1 Å². The van der Waals surface area contributed by atoms with Crippen LogP contribution in [-0.4, -0.2) is 30.5 Å². The molecule has 9 heteroatoms. The second-order valence-corrected chi connectivity index (χ2v) is 9.64. The predicted molar refractivity (Wildman–Crippen MR) is 133 cm³/mol. The minimum absolute atomic E-state index is 0.0634. The quantitative estimate of drug-likeness (QED) is 0.242. The van der Waals surface area contributed by atoms with Crippen LogP contribution in [0.25, 0.3) is 16.6 Å². The second-order valence-electron chi connectivity index (χ2n) is 7.86. The van der Waals surface area contributed by atoms with Gasteiger partial charge in [0.2, 0.25) is 5.91 Å². The number of benzene rings is 2. The number of thiazole rings is 1. The Morgan fingerprint density at radius 3 is 2.70 bits per heavy atom. The Labute approximate surface area is 199 Å². The third kappa shape index (κ3) is 4.09. The van der Waals surface area contributed by atoms with E-state index in [4.69, 9.17) is 9.97 Å². The fourth-order valence-electron chi connectivity index (χ4n) is 3.79. The highest BCUT2D eigenvalue weighted by Gasteiger charge is 2.20. The maximum atomic E-state index is 12.5. The molecule has 33 heavy (non-hydrogen) atoms. The van der Waals surface area contributed by atoms with Gasteiger partial charge in [0, 0.05) is 23.4 Å². The van der Waals surface area contributed by atoms with E-state index in [-0.39, 0.29) is 5.91 Å². The molecule has 0 radical (unpaired) electrons. The fourth-order valence-corrected chi connectivity index (χ4v) is 5.62. The van der Waals surface area contributed by atoms with Crippen LogP contribution in [-0.2, 0) is 10.5 Å². The van der Waals surface area contributed by atoms with Gasteiger partial charge in [0.1, 0.15) is 5.82 Å². The summed E-state index contributed by atoms with van der Waals surface area (Å²) in [6.07, 6.45) is 0. The molecule has 166 valence electrons. The number of rotatable bonds is 5. The van der Waals surface area contributed by atoms with Crippen LogP contribution in [0.2, 0.25) is 0 Å². The minimum atomic E-state index is -0.0634. The standard InChI is InChI=1S/C24H22N6OS2/c1-14-9-10-21(15(2)11-14)29(17(4)31)23-26-18(12-32-23)13-33-24-27-20-8-6-5-7-19(20)22-25-16(3)28-30(22)24/h5-12H,13H2,1-4H3. The SMILES string of the molecule is CC(=O)N(c1nc(CSc2nc3ccccc3c3nc(C)nn23)cs1)c1ccc(C)cc1C. The summed E-state index contributed by atoms with van der Waals surface area (Å²) in [4.78, 5) is 28.3. The van der Waals surface area contributed by atoms with Crippen molar-refractivity contribution in [2.45, 2.75) is 38.6 Å².